The van der Waals surface area contributed by atoms with E-state index in [1.165, 1.54) is 18.1 Å². The van der Waals surface area contributed by atoms with Gasteiger partial charge in [0.2, 0.25) is 5.91 Å². The van der Waals surface area contributed by atoms with Crippen LogP contribution in [0.3, 0.4) is 0 Å². The number of rotatable bonds is 3. The van der Waals surface area contributed by atoms with Crippen LogP contribution in [0.2, 0.25) is 0 Å². The van der Waals surface area contributed by atoms with E-state index in [-0.39, 0.29) is 16.8 Å². The number of carbonyl (C=O) groups excluding carboxylic acids is 1. The molecule has 1 aliphatic heterocycles. The number of nitrogens with one attached hydrogen (secondary N) is 1. The topological polar surface area (TPSA) is 66.5 Å². The molecule has 1 aliphatic carbocycles. The van der Waals surface area contributed by atoms with Crippen LogP contribution in [0.4, 0.5) is 11.4 Å². The third kappa shape index (κ3) is 2.88. The van der Waals surface area contributed by atoms with Gasteiger partial charge in [0, 0.05) is 24.3 Å². The number of anilines is 2. The monoisotopic (exact) mass is 370 g/mol. The lowest BCUT2D eigenvalue weighted by Crippen LogP contribution is -2.33. The van der Waals surface area contributed by atoms with Crippen LogP contribution in [0, 0.1) is 0 Å². The largest absolute Gasteiger partial charge is 0.309 e. The third-order valence-corrected chi connectivity index (χ3v) is 6.65. The maximum absolute atomic E-state index is 12.8. The number of fused-ring (bicyclic) bond motifs is 2. The van der Waals surface area contributed by atoms with E-state index >= 15 is 0 Å². The molecule has 0 fully saturated rings. The van der Waals surface area contributed by atoms with Crippen LogP contribution in [0.25, 0.3) is 0 Å². The first-order valence-electron chi connectivity index (χ1n) is 8.92. The zero-order valence-electron chi connectivity index (χ0n) is 15.0. The Hall–Kier alpha value is -2.34. The summed E-state index contributed by atoms with van der Waals surface area (Å²) in [5.74, 6) is -0.0249. The Morgan fingerprint density at radius 3 is 2.62 bits per heavy atom. The average Bonchev–Trinajstić information content (AvgIpc) is 3.15. The maximum Gasteiger partial charge on any atom is 0.261 e. The second-order valence-corrected chi connectivity index (χ2v) is 8.86. The molecule has 2 aromatic carbocycles. The summed E-state index contributed by atoms with van der Waals surface area (Å²) in [5, 5.41) is 0. The highest BCUT2D eigenvalue weighted by atomic mass is 32.2. The highest BCUT2D eigenvalue weighted by molar-refractivity contribution is 7.92. The Balaban J connectivity index is 1.63. The first-order valence-corrected chi connectivity index (χ1v) is 10.4. The molecule has 5 nitrogen and oxygen atoms in total. The quantitative estimate of drug-likeness (QED) is 0.902. The molecule has 0 spiro atoms. The van der Waals surface area contributed by atoms with Gasteiger partial charge in [-0.3, -0.25) is 9.52 Å². The zero-order chi connectivity index (χ0) is 18.5. The van der Waals surface area contributed by atoms with Crippen molar-refractivity contribution in [3.8, 4) is 0 Å². The van der Waals surface area contributed by atoms with Gasteiger partial charge in [-0.05, 0) is 79.6 Å². The highest BCUT2D eigenvalue weighted by Gasteiger charge is 2.30. The minimum absolute atomic E-state index is 0.0249. The Morgan fingerprint density at radius 2 is 1.85 bits per heavy atom. The molecule has 0 bridgehead atoms. The molecule has 1 heterocycles. The van der Waals surface area contributed by atoms with Gasteiger partial charge in [0.25, 0.3) is 10.0 Å². The summed E-state index contributed by atoms with van der Waals surface area (Å²) in [6.45, 7) is 3.50. The minimum Gasteiger partial charge on any atom is -0.309 e. The Morgan fingerprint density at radius 1 is 1.08 bits per heavy atom. The molecule has 2 aliphatic rings. The summed E-state index contributed by atoms with van der Waals surface area (Å²) in [6, 6.07) is 10.8. The Labute approximate surface area is 154 Å². The molecule has 4 rings (SSSR count). The minimum atomic E-state index is -3.66. The summed E-state index contributed by atoms with van der Waals surface area (Å²) in [6.07, 6.45) is 3.86. The van der Waals surface area contributed by atoms with Gasteiger partial charge >= 0.3 is 0 Å². The number of amides is 1. The van der Waals surface area contributed by atoms with Crippen molar-refractivity contribution in [1.82, 2.24) is 0 Å². The van der Waals surface area contributed by atoms with E-state index in [1.54, 1.807) is 23.1 Å². The molecule has 0 aromatic heterocycles. The molecule has 2 aromatic rings. The molecule has 1 N–H and O–H groups in total. The summed E-state index contributed by atoms with van der Waals surface area (Å²) in [5.41, 5.74) is 4.84. The molecule has 136 valence electrons. The molecule has 0 saturated carbocycles. The van der Waals surface area contributed by atoms with Crippen molar-refractivity contribution in [1.29, 1.82) is 0 Å². The average molecular weight is 370 g/mol. The van der Waals surface area contributed by atoms with Gasteiger partial charge in [-0.2, -0.15) is 0 Å². The predicted molar refractivity (Wildman–Crippen MR) is 102 cm³/mol. The second kappa shape index (κ2) is 6.13. The van der Waals surface area contributed by atoms with E-state index in [1.807, 2.05) is 25.1 Å². The maximum atomic E-state index is 12.8. The Kier molecular flexibility index (Phi) is 4.03. The van der Waals surface area contributed by atoms with E-state index < -0.39 is 10.0 Å². The smallest absolute Gasteiger partial charge is 0.261 e. The molecule has 1 atom stereocenters. The van der Waals surface area contributed by atoms with Crippen LogP contribution < -0.4 is 9.62 Å². The van der Waals surface area contributed by atoms with E-state index in [2.05, 4.69) is 4.72 Å². The van der Waals surface area contributed by atoms with Gasteiger partial charge in [-0.25, -0.2) is 8.42 Å². The van der Waals surface area contributed by atoms with E-state index in [0.29, 0.717) is 12.1 Å². The molecule has 1 amide bonds. The fourth-order valence-corrected chi connectivity index (χ4v) is 5.20. The first kappa shape index (κ1) is 17.1. The molecule has 0 unspecified atom stereocenters. The number of benzene rings is 2. The van der Waals surface area contributed by atoms with Crippen molar-refractivity contribution in [2.24, 2.45) is 0 Å². The first-order chi connectivity index (χ1) is 12.3. The third-order valence-electron chi connectivity index (χ3n) is 5.27. The van der Waals surface area contributed by atoms with Crippen LogP contribution >= 0.6 is 0 Å². The van der Waals surface area contributed by atoms with Crippen LogP contribution in [-0.4, -0.2) is 20.4 Å². The lowest BCUT2D eigenvalue weighted by Gasteiger charge is -2.20. The van der Waals surface area contributed by atoms with E-state index in [0.717, 1.165) is 30.5 Å². The van der Waals surface area contributed by atoms with E-state index in [9.17, 15) is 13.2 Å². The highest BCUT2D eigenvalue weighted by Crippen LogP contribution is 2.34. The molecule has 0 radical (unpaired) electrons. The molecule has 26 heavy (non-hydrogen) atoms. The summed E-state index contributed by atoms with van der Waals surface area (Å²) < 4.78 is 28.3. The second-order valence-electron chi connectivity index (χ2n) is 7.18. The lowest BCUT2D eigenvalue weighted by atomic mass is 10.1. The molecular weight excluding hydrogens is 348 g/mol. The van der Waals surface area contributed by atoms with Crippen molar-refractivity contribution in [3.63, 3.8) is 0 Å². The number of carbonyl (C=O) groups is 1. The van der Waals surface area contributed by atoms with Crippen molar-refractivity contribution < 1.29 is 13.2 Å². The van der Waals surface area contributed by atoms with Crippen LogP contribution in [-0.2, 0) is 34.1 Å². The summed E-state index contributed by atoms with van der Waals surface area (Å²) in [4.78, 5) is 13.8. The van der Waals surface area contributed by atoms with Gasteiger partial charge < -0.3 is 4.90 Å². The van der Waals surface area contributed by atoms with Crippen molar-refractivity contribution >= 4 is 27.3 Å². The fraction of sp³-hybridized carbons (Fsp3) is 0.350. The van der Waals surface area contributed by atoms with Crippen molar-refractivity contribution in [2.75, 3.05) is 9.62 Å². The zero-order valence-corrected chi connectivity index (χ0v) is 15.8. The number of hydrogen-bond donors (Lipinski definition) is 1. The van der Waals surface area contributed by atoms with Crippen molar-refractivity contribution in [2.45, 2.75) is 50.5 Å². The van der Waals surface area contributed by atoms with Gasteiger partial charge in [-0.1, -0.05) is 6.07 Å². The van der Waals surface area contributed by atoms with Crippen molar-refractivity contribution in [3.05, 3.63) is 53.1 Å². The van der Waals surface area contributed by atoms with E-state index in [4.69, 9.17) is 0 Å². The number of sulfonamides is 1. The molecule has 0 saturated heterocycles. The predicted octanol–water partition coefficient (Wildman–Crippen LogP) is 3.27. The number of hydrogen-bond acceptors (Lipinski definition) is 3. The van der Waals surface area contributed by atoms with Crippen LogP contribution in [0.1, 0.15) is 37.0 Å². The lowest BCUT2D eigenvalue weighted by molar-refractivity contribution is -0.116. The molecular formula is C20H22N2O3S. The summed E-state index contributed by atoms with van der Waals surface area (Å²) in [7, 11) is -3.66. The van der Waals surface area contributed by atoms with Gasteiger partial charge in [0.05, 0.1) is 4.90 Å². The fourth-order valence-electron chi connectivity index (χ4n) is 4.10. The van der Waals surface area contributed by atoms with Crippen LogP contribution in [0.15, 0.2) is 41.3 Å². The van der Waals surface area contributed by atoms with Gasteiger partial charge in [0.1, 0.15) is 0 Å². The Bertz CT molecular complexity index is 998. The number of nitrogens with zero attached hydrogens (tertiary/aromatic N) is 1. The normalized spacial score (nSPS) is 18.5. The summed E-state index contributed by atoms with van der Waals surface area (Å²) >= 11 is 0. The molecule has 6 heteroatoms. The SMILES string of the molecule is CC(=O)N1c2ccc(S(=O)(=O)Nc3ccc4c(c3)CCC4)cc2C[C@H]1C. The van der Waals surface area contributed by atoms with Crippen LogP contribution in [0.5, 0.6) is 0 Å². The number of aryl methyl sites for hydroxylation is 2. The van der Waals surface area contributed by atoms with Gasteiger partial charge in [0.15, 0.2) is 0 Å². The van der Waals surface area contributed by atoms with Gasteiger partial charge in [-0.15, -0.1) is 0 Å². The standard InChI is InChI=1S/C20H22N2O3S/c1-13-10-17-12-19(8-9-20(17)22(13)14(2)23)26(24,25)21-18-7-6-15-4-3-5-16(15)11-18/h6-9,11-13,21H,3-5,10H2,1-2H3/t13-/m1/s1.